The number of pyridine rings is 2. The Bertz CT molecular complexity index is 1040. The molecule has 0 aliphatic heterocycles. The van der Waals surface area contributed by atoms with Crippen LogP contribution in [0.25, 0.3) is 26.5 Å². The third kappa shape index (κ3) is 2.43. The summed E-state index contributed by atoms with van der Waals surface area (Å²) >= 11 is 7.94. The molecule has 0 aliphatic carbocycles. The molecule has 0 aromatic carbocycles. The van der Waals surface area contributed by atoms with Crippen LogP contribution in [0.3, 0.4) is 0 Å². The summed E-state index contributed by atoms with van der Waals surface area (Å²) in [6.07, 6.45) is 1.74. The summed E-state index contributed by atoms with van der Waals surface area (Å²) in [5.74, 6) is 0.952. The number of hydrogen-bond acceptors (Lipinski definition) is 3. The minimum absolute atomic E-state index is 0.747. The van der Waals surface area contributed by atoms with E-state index in [2.05, 4.69) is 53.7 Å². The quantitative estimate of drug-likeness (QED) is 0.461. The summed E-state index contributed by atoms with van der Waals surface area (Å²) in [5, 5.41) is 0.747. The van der Waals surface area contributed by atoms with Crippen LogP contribution in [-0.4, -0.2) is 14.5 Å². The molecule has 24 heavy (non-hydrogen) atoms. The van der Waals surface area contributed by atoms with E-state index in [1.54, 1.807) is 17.5 Å². The molecule has 3 nitrogen and oxygen atoms in total. The van der Waals surface area contributed by atoms with E-state index >= 15 is 0 Å². The predicted molar refractivity (Wildman–Crippen MR) is 101 cm³/mol. The summed E-state index contributed by atoms with van der Waals surface area (Å²) in [5.41, 5.74) is 5.43. The van der Waals surface area contributed by atoms with Crippen LogP contribution in [0.5, 0.6) is 0 Å². The lowest BCUT2D eigenvalue weighted by Gasteiger charge is -2.11. The first-order chi connectivity index (χ1) is 11.5. The van der Waals surface area contributed by atoms with Crippen molar-refractivity contribution in [2.24, 2.45) is 0 Å². The average Bonchev–Trinajstić information content (AvgIpc) is 3.12. The van der Waals surface area contributed by atoms with Gasteiger partial charge in [0, 0.05) is 33.7 Å². The van der Waals surface area contributed by atoms with Gasteiger partial charge in [0.05, 0.1) is 15.2 Å². The van der Waals surface area contributed by atoms with Crippen molar-refractivity contribution in [1.29, 1.82) is 0 Å². The maximum atomic E-state index is 6.28. The fourth-order valence-corrected chi connectivity index (χ4v) is 4.37. The van der Waals surface area contributed by atoms with Crippen LogP contribution in [-0.2, 0) is 0 Å². The van der Waals surface area contributed by atoms with Gasteiger partial charge >= 0.3 is 0 Å². The normalized spacial score (nSPS) is 11.3. The van der Waals surface area contributed by atoms with E-state index in [9.17, 15) is 0 Å². The highest BCUT2D eigenvalue weighted by atomic mass is 35.5. The number of thiophene rings is 1. The smallest absolute Gasteiger partial charge is 0.137 e. The first kappa shape index (κ1) is 15.4. The molecule has 0 N–H and O–H groups in total. The zero-order valence-electron chi connectivity index (χ0n) is 13.7. The zero-order valence-corrected chi connectivity index (χ0v) is 15.2. The van der Waals surface area contributed by atoms with Gasteiger partial charge in [-0.1, -0.05) is 11.6 Å². The van der Waals surface area contributed by atoms with Crippen LogP contribution in [0, 0.1) is 20.8 Å². The molecule has 4 aromatic rings. The maximum absolute atomic E-state index is 6.28. The summed E-state index contributed by atoms with van der Waals surface area (Å²) in [7, 11) is 0. The van der Waals surface area contributed by atoms with Crippen molar-refractivity contribution in [3.8, 4) is 16.3 Å². The summed E-state index contributed by atoms with van der Waals surface area (Å²) in [4.78, 5) is 10.4. The number of aromatic nitrogens is 3. The molecule has 0 saturated heterocycles. The first-order valence-corrected chi connectivity index (χ1v) is 8.91. The molecular weight excluding hydrogens is 338 g/mol. The molecule has 0 atom stereocenters. The Balaban J connectivity index is 1.83. The topological polar surface area (TPSA) is 30.7 Å². The van der Waals surface area contributed by atoms with Crippen LogP contribution in [0.4, 0.5) is 0 Å². The molecule has 0 amide bonds. The highest BCUT2D eigenvalue weighted by Crippen LogP contribution is 2.37. The molecule has 120 valence electrons. The van der Waals surface area contributed by atoms with Crippen LogP contribution < -0.4 is 0 Å². The maximum Gasteiger partial charge on any atom is 0.137 e. The summed E-state index contributed by atoms with van der Waals surface area (Å²) in [6.45, 7) is 6.24. The largest absolute Gasteiger partial charge is 0.303 e. The Morgan fingerprint density at radius 3 is 2.42 bits per heavy atom. The minimum atomic E-state index is 0.747. The fraction of sp³-hybridized carbons (Fsp3) is 0.158. The monoisotopic (exact) mass is 353 g/mol. The van der Waals surface area contributed by atoms with Crippen molar-refractivity contribution in [3.05, 3.63) is 64.7 Å². The fourth-order valence-electron chi connectivity index (χ4n) is 3.00. The second-order valence-corrected chi connectivity index (χ2v) is 7.33. The van der Waals surface area contributed by atoms with Crippen molar-refractivity contribution in [2.75, 3.05) is 0 Å². The lowest BCUT2D eigenvalue weighted by atomic mass is 10.1. The molecule has 4 rings (SSSR count). The molecule has 0 saturated carbocycles. The highest BCUT2D eigenvalue weighted by molar-refractivity contribution is 7.22. The molecule has 5 heteroatoms. The molecular formula is C19H16ClN3S. The molecule has 0 bridgehead atoms. The number of nitrogens with zero attached hydrogens (tertiary/aromatic N) is 3. The number of aryl methyl sites for hydroxylation is 3. The second kappa shape index (κ2) is 5.72. The van der Waals surface area contributed by atoms with E-state index in [0.717, 1.165) is 37.2 Å². The van der Waals surface area contributed by atoms with Crippen LogP contribution in [0.1, 0.15) is 17.1 Å². The van der Waals surface area contributed by atoms with E-state index in [-0.39, 0.29) is 0 Å². The van der Waals surface area contributed by atoms with Gasteiger partial charge in [0.25, 0.3) is 0 Å². The molecule has 0 spiro atoms. The number of fused-ring (bicyclic) bond motifs is 1. The van der Waals surface area contributed by atoms with E-state index in [1.807, 2.05) is 13.0 Å². The van der Waals surface area contributed by atoms with E-state index in [1.165, 1.54) is 11.4 Å². The summed E-state index contributed by atoms with van der Waals surface area (Å²) in [6, 6.07) is 12.3. The lowest BCUT2D eigenvalue weighted by Crippen LogP contribution is -2.02. The van der Waals surface area contributed by atoms with E-state index in [0.29, 0.717) is 0 Å². The molecule has 0 fully saturated rings. The summed E-state index contributed by atoms with van der Waals surface area (Å²) < 4.78 is 3.19. The molecule has 4 heterocycles. The molecule has 0 radical (unpaired) electrons. The lowest BCUT2D eigenvalue weighted by molar-refractivity contribution is 0.913. The van der Waals surface area contributed by atoms with Gasteiger partial charge in [-0.05, 0) is 57.2 Å². The number of halogens is 1. The van der Waals surface area contributed by atoms with E-state index < -0.39 is 0 Å². The Morgan fingerprint density at radius 1 is 1.00 bits per heavy atom. The van der Waals surface area contributed by atoms with Gasteiger partial charge in [-0.25, -0.2) is 4.98 Å². The average molecular weight is 354 g/mol. The Kier molecular flexibility index (Phi) is 3.66. The van der Waals surface area contributed by atoms with Gasteiger partial charge in [0.1, 0.15) is 5.82 Å². The molecule has 4 aromatic heterocycles. The third-order valence-electron chi connectivity index (χ3n) is 4.20. The first-order valence-electron chi connectivity index (χ1n) is 7.72. The zero-order chi connectivity index (χ0) is 16.8. The molecule has 0 aliphatic rings. The third-order valence-corrected chi connectivity index (χ3v) is 5.82. The van der Waals surface area contributed by atoms with Crippen molar-refractivity contribution in [2.45, 2.75) is 20.8 Å². The van der Waals surface area contributed by atoms with Crippen molar-refractivity contribution in [1.82, 2.24) is 14.5 Å². The second-order valence-electron chi connectivity index (χ2n) is 5.87. The van der Waals surface area contributed by atoms with Gasteiger partial charge in [-0.15, -0.1) is 11.3 Å². The highest BCUT2D eigenvalue weighted by Gasteiger charge is 2.12. The van der Waals surface area contributed by atoms with Crippen molar-refractivity contribution in [3.63, 3.8) is 0 Å². The van der Waals surface area contributed by atoms with Gasteiger partial charge < -0.3 is 4.57 Å². The van der Waals surface area contributed by atoms with E-state index in [4.69, 9.17) is 16.6 Å². The van der Waals surface area contributed by atoms with Crippen molar-refractivity contribution >= 4 is 33.2 Å². The SMILES string of the molecule is Cc1nc(-n2c(C)ccc2C)ccc1-c1cc2nccc(Cl)c2s1. The Morgan fingerprint density at radius 2 is 1.75 bits per heavy atom. The van der Waals surface area contributed by atoms with Gasteiger partial charge in [-0.3, -0.25) is 4.98 Å². The molecule has 0 unspecified atom stereocenters. The van der Waals surface area contributed by atoms with Crippen LogP contribution in [0.15, 0.2) is 42.6 Å². The Hall–Kier alpha value is -2.17. The van der Waals surface area contributed by atoms with Crippen LogP contribution >= 0.6 is 22.9 Å². The number of rotatable bonds is 2. The minimum Gasteiger partial charge on any atom is -0.303 e. The van der Waals surface area contributed by atoms with Gasteiger partial charge in [0.2, 0.25) is 0 Å². The standard InChI is InChI=1S/C19H16ClN3S/c1-11-4-5-12(2)23(11)18-7-6-14(13(3)22-18)17-10-16-19(24-17)15(20)8-9-21-16/h4-10H,1-3H3. The van der Waals surface area contributed by atoms with Gasteiger partial charge in [-0.2, -0.15) is 0 Å². The Labute approximate surface area is 149 Å². The van der Waals surface area contributed by atoms with Crippen molar-refractivity contribution < 1.29 is 0 Å². The predicted octanol–water partition coefficient (Wildman–Crippen LogP) is 5.73. The van der Waals surface area contributed by atoms with Gasteiger partial charge in [0.15, 0.2) is 0 Å². The number of hydrogen-bond donors (Lipinski definition) is 0. The van der Waals surface area contributed by atoms with Crippen LogP contribution in [0.2, 0.25) is 5.02 Å².